The van der Waals surface area contributed by atoms with Crippen LogP contribution in [0.2, 0.25) is 0 Å². The molecule has 0 aromatic carbocycles. The predicted octanol–water partition coefficient (Wildman–Crippen LogP) is 3.10. The standard InChI is InChI=1S/C17H21N3O/c1-2-9-20-12-15(14-5-7-18-8-6-14)10-16(20)17(21)19-11-13-3-4-13/h5-8,10,12-13H,2-4,9,11H2,1H3,(H,19,21). The van der Waals surface area contributed by atoms with Gasteiger partial charge < -0.3 is 9.88 Å². The number of nitrogens with one attached hydrogen (secondary N) is 1. The normalized spacial score (nSPS) is 14.1. The van der Waals surface area contributed by atoms with Crippen molar-refractivity contribution in [1.82, 2.24) is 14.9 Å². The molecule has 4 heteroatoms. The summed E-state index contributed by atoms with van der Waals surface area (Å²) in [5.74, 6) is 0.735. The summed E-state index contributed by atoms with van der Waals surface area (Å²) in [4.78, 5) is 16.4. The Hall–Kier alpha value is -2.10. The van der Waals surface area contributed by atoms with Crippen molar-refractivity contribution in [1.29, 1.82) is 0 Å². The molecule has 1 amide bonds. The second kappa shape index (κ2) is 6.12. The lowest BCUT2D eigenvalue weighted by Gasteiger charge is -2.08. The van der Waals surface area contributed by atoms with Crippen molar-refractivity contribution in [2.24, 2.45) is 5.92 Å². The van der Waals surface area contributed by atoms with Crippen LogP contribution in [0, 0.1) is 5.92 Å². The van der Waals surface area contributed by atoms with Gasteiger partial charge in [-0.3, -0.25) is 9.78 Å². The topological polar surface area (TPSA) is 46.9 Å². The molecule has 1 aliphatic carbocycles. The van der Waals surface area contributed by atoms with Gasteiger partial charge in [-0.05, 0) is 48.9 Å². The van der Waals surface area contributed by atoms with Crippen molar-refractivity contribution >= 4 is 5.91 Å². The number of rotatable bonds is 6. The van der Waals surface area contributed by atoms with Gasteiger partial charge in [-0.25, -0.2) is 0 Å². The minimum Gasteiger partial charge on any atom is -0.350 e. The third kappa shape index (κ3) is 3.32. The first-order chi connectivity index (χ1) is 10.3. The fourth-order valence-corrected chi connectivity index (χ4v) is 2.48. The molecule has 0 aliphatic heterocycles. The Bertz CT molecular complexity index is 614. The van der Waals surface area contributed by atoms with Crippen LogP contribution < -0.4 is 5.32 Å². The van der Waals surface area contributed by atoms with Gasteiger partial charge in [-0.2, -0.15) is 0 Å². The van der Waals surface area contributed by atoms with E-state index in [1.165, 1.54) is 12.8 Å². The maximum absolute atomic E-state index is 12.4. The minimum atomic E-state index is 0.0376. The smallest absolute Gasteiger partial charge is 0.267 e. The van der Waals surface area contributed by atoms with Crippen LogP contribution in [0.5, 0.6) is 0 Å². The fourth-order valence-electron chi connectivity index (χ4n) is 2.48. The number of hydrogen-bond donors (Lipinski definition) is 1. The maximum atomic E-state index is 12.4. The summed E-state index contributed by atoms with van der Waals surface area (Å²) in [5.41, 5.74) is 2.92. The largest absolute Gasteiger partial charge is 0.350 e. The zero-order valence-electron chi connectivity index (χ0n) is 12.4. The summed E-state index contributed by atoms with van der Waals surface area (Å²) >= 11 is 0. The SMILES string of the molecule is CCCn1cc(-c2ccncc2)cc1C(=O)NCC1CC1. The van der Waals surface area contributed by atoms with Gasteiger partial charge >= 0.3 is 0 Å². The van der Waals surface area contributed by atoms with Crippen LogP contribution in [0.15, 0.2) is 36.8 Å². The predicted molar refractivity (Wildman–Crippen MR) is 83.0 cm³/mol. The second-order valence-electron chi connectivity index (χ2n) is 5.70. The molecule has 1 fully saturated rings. The number of carbonyl (C=O) groups excluding carboxylic acids is 1. The summed E-state index contributed by atoms with van der Waals surface area (Å²) < 4.78 is 2.05. The lowest BCUT2D eigenvalue weighted by molar-refractivity contribution is 0.0942. The molecule has 0 bridgehead atoms. The molecule has 0 unspecified atom stereocenters. The van der Waals surface area contributed by atoms with Gasteiger partial charge in [0.25, 0.3) is 5.91 Å². The van der Waals surface area contributed by atoms with Gasteiger partial charge in [0, 0.05) is 37.2 Å². The summed E-state index contributed by atoms with van der Waals surface area (Å²) in [7, 11) is 0. The molecule has 2 aromatic heterocycles. The monoisotopic (exact) mass is 283 g/mol. The summed E-state index contributed by atoms with van der Waals surface area (Å²) in [6.45, 7) is 3.79. The molecule has 110 valence electrons. The van der Waals surface area contributed by atoms with Crippen LogP contribution in [0.4, 0.5) is 0 Å². The average molecular weight is 283 g/mol. The van der Waals surface area contributed by atoms with Crippen molar-refractivity contribution in [3.8, 4) is 11.1 Å². The Morgan fingerprint density at radius 1 is 1.33 bits per heavy atom. The minimum absolute atomic E-state index is 0.0376. The van der Waals surface area contributed by atoms with Gasteiger partial charge in [-0.15, -0.1) is 0 Å². The number of hydrogen-bond acceptors (Lipinski definition) is 2. The second-order valence-corrected chi connectivity index (χ2v) is 5.70. The van der Waals surface area contributed by atoms with Crippen LogP contribution in [0.1, 0.15) is 36.7 Å². The highest BCUT2D eigenvalue weighted by molar-refractivity contribution is 5.94. The van der Waals surface area contributed by atoms with Crippen molar-refractivity contribution in [2.45, 2.75) is 32.7 Å². The Morgan fingerprint density at radius 2 is 2.10 bits per heavy atom. The Labute approximate surface area is 125 Å². The number of pyridine rings is 1. The molecule has 0 radical (unpaired) electrons. The third-order valence-corrected chi connectivity index (χ3v) is 3.86. The molecular weight excluding hydrogens is 262 g/mol. The van der Waals surface area contributed by atoms with E-state index in [2.05, 4.69) is 28.0 Å². The highest BCUT2D eigenvalue weighted by Gasteiger charge is 2.23. The molecule has 1 aliphatic rings. The fraction of sp³-hybridized carbons (Fsp3) is 0.412. The first kappa shape index (κ1) is 13.9. The lowest BCUT2D eigenvalue weighted by atomic mass is 10.1. The molecule has 2 aromatic rings. The zero-order chi connectivity index (χ0) is 14.7. The molecule has 2 heterocycles. The van der Waals surface area contributed by atoms with Crippen LogP contribution in [-0.4, -0.2) is 22.0 Å². The van der Waals surface area contributed by atoms with Crippen molar-refractivity contribution in [3.05, 3.63) is 42.5 Å². The molecule has 21 heavy (non-hydrogen) atoms. The summed E-state index contributed by atoms with van der Waals surface area (Å²) in [6, 6.07) is 5.92. The summed E-state index contributed by atoms with van der Waals surface area (Å²) in [6.07, 6.45) is 9.12. The average Bonchev–Trinajstić information content (AvgIpc) is 3.25. The van der Waals surface area contributed by atoms with Gasteiger partial charge in [0.2, 0.25) is 0 Å². The molecule has 1 N–H and O–H groups in total. The van der Waals surface area contributed by atoms with Crippen LogP contribution in [-0.2, 0) is 6.54 Å². The highest BCUT2D eigenvalue weighted by atomic mass is 16.1. The Balaban J connectivity index is 1.83. The first-order valence-corrected chi connectivity index (χ1v) is 7.66. The van der Waals surface area contributed by atoms with E-state index in [4.69, 9.17) is 0 Å². The number of nitrogens with zero attached hydrogens (tertiary/aromatic N) is 2. The van der Waals surface area contributed by atoms with Gasteiger partial charge in [0.1, 0.15) is 5.69 Å². The van der Waals surface area contributed by atoms with E-state index in [-0.39, 0.29) is 5.91 Å². The molecular formula is C17H21N3O. The molecule has 4 nitrogen and oxygen atoms in total. The van der Waals surface area contributed by atoms with E-state index in [0.29, 0.717) is 5.92 Å². The van der Waals surface area contributed by atoms with Crippen molar-refractivity contribution in [3.63, 3.8) is 0 Å². The molecule has 1 saturated carbocycles. The maximum Gasteiger partial charge on any atom is 0.267 e. The zero-order valence-corrected chi connectivity index (χ0v) is 12.4. The number of aryl methyl sites for hydroxylation is 1. The highest BCUT2D eigenvalue weighted by Crippen LogP contribution is 2.28. The van der Waals surface area contributed by atoms with Gasteiger partial charge in [0.05, 0.1) is 0 Å². The quantitative estimate of drug-likeness (QED) is 0.885. The van der Waals surface area contributed by atoms with Crippen molar-refractivity contribution in [2.75, 3.05) is 6.54 Å². The lowest BCUT2D eigenvalue weighted by Crippen LogP contribution is -2.27. The van der Waals surface area contributed by atoms with E-state index in [1.807, 2.05) is 18.2 Å². The van der Waals surface area contributed by atoms with E-state index in [1.54, 1.807) is 12.4 Å². The summed E-state index contributed by atoms with van der Waals surface area (Å²) in [5, 5.41) is 3.05. The number of aromatic nitrogens is 2. The van der Waals surface area contributed by atoms with E-state index >= 15 is 0 Å². The van der Waals surface area contributed by atoms with E-state index < -0.39 is 0 Å². The molecule has 0 saturated heterocycles. The van der Waals surface area contributed by atoms with E-state index in [9.17, 15) is 4.79 Å². The molecule has 0 atom stereocenters. The van der Waals surface area contributed by atoms with Crippen LogP contribution in [0.3, 0.4) is 0 Å². The number of amides is 1. The Morgan fingerprint density at radius 3 is 2.76 bits per heavy atom. The van der Waals surface area contributed by atoms with Crippen molar-refractivity contribution < 1.29 is 4.79 Å². The van der Waals surface area contributed by atoms with Crippen LogP contribution >= 0.6 is 0 Å². The molecule has 0 spiro atoms. The van der Waals surface area contributed by atoms with Crippen LogP contribution in [0.25, 0.3) is 11.1 Å². The molecule has 3 rings (SSSR count). The van der Waals surface area contributed by atoms with E-state index in [0.717, 1.165) is 36.3 Å². The van der Waals surface area contributed by atoms with Gasteiger partial charge in [0.15, 0.2) is 0 Å². The van der Waals surface area contributed by atoms with Gasteiger partial charge in [-0.1, -0.05) is 6.92 Å². The first-order valence-electron chi connectivity index (χ1n) is 7.66. The third-order valence-electron chi connectivity index (χ3n) is 3.86. The number of carbonyl (C=O) groups is 1. The Kier molecular flexibility index (Phi) is 4.04.